The molecule has 2 saturated heterocycles. The number of quaternary nitrogens is 2. The van der Waals surface area contributed by atoms with Crippen molar-refractivity contribution in [3.8, 4) is 0 Å². The van der Waals surface area contributed by atoms with Gasteiger partial charge >= 0.3 is 11.9 Å². The van der Waals surface area contributed by atoms with Gasteiger partial charge in [-0.15, -0.1) is 0 Å². The summed E-state index contributed by atoms with van der Waals surface area (Å²) in [6.07, 6.45) is 23.3. The number of likely N-dealkylation sites (tertiary alicyclic amines) is 1. The second-order valence-corrected chi connectivity index (χ2v) is 21.5. The van der Waals surface area contributed by atoms with Crippen LogP contribution in [0.25, 0.3) is 0 Å². The highest BCUT2D eigenvalue weighted by atomic mass is 16.5. The standard InChI is InChI=1S/C47H78N2O4/c1-33(2)35-19-25-47(32-52-40(50)16-13-15-34-14-9-10-28-48-34)27-26-45(6)36(42(35)47)17-18-38-44(5)23-21-39(43(3,4)37(44)20-24-46(38,45)7)53-41(51)22-31-49-29-11-8-12-30-49/h34-39,42,48H,1,8-32H2,2-7H3/p+2/t34?,35-,36?,37?,38?,39-,42?,44-,45+,46+,47+/m0/s1. The number of allylic oxidation sites excluding steroid dienone is 1. The summed E-state index contributed by atoms with van der Waals surface area (Å²) in [4.78, 5) is 28.1. The fourth-order valence-electron chi connectivity index (χ4n) is 15.6. The average Bonchev–Trinajstić information content (AvgIpc) is 3.53. The zero-order chi connectivity index (χ0) is 37.6. The number of esters is 2. The molecule has 6 heteroatoms. The van der Waals surface area contributed by atoms with E-state index in [1.54, 1.807) is 4.90 Å². The Bertz CT molecular complexity index is 1330. The van der Waals surface area contributed by atoms with Crippen molar-refractivity contribution in [1.82, 2.24) is 0 Å². The topological polar surface area (TPSA) is 73.7 Å². The van der Waals surface area contributed by atoms with Crippen LogP contribution in [0.15, 0.2) is 12.2 Å². The minimum Gasteiger partial charge on any atom is -0.465 e. The Kier molecular flexibility index (Phi) is 11.7. The lowest BCUT2D eigenvalue weighted by Gasteiger charge is -2.73. The summed E-state index contributed by atoms with van der Waals surface area (Å²) in [6.45, 7) is 25.1. The molecule has 3 N–H and O–H groups in total. The summed E-state index contributed by atoms with van der Waals surface area (Å²) in [5.41, 5.74) is 2.24. The van der Waals surface area contributed by atoms with Gasteiger partial charge in [0.05, 0.1) is 45.2 Å². The van der Waals surface area contributed by atoms with Crippen LogP contribution in [0.2, 0.25) is 0 Å². The predicted octanol–water partition coefficient (Wildman–Crippen LogP) is 7.84. The van der Waals surface area contributed by atoms with Crippen LogP contribution < -0.4 is 10.2 Å². The normalized spacial score (nSPS) is 43.8. The predicted molar refractivity (Wildman–Crippen MR) is 212 cm³/mol. The Morgan fingerprint density at radius 2 is 1.57 bits per heavy atom. The van der Waals surface area contributed by atoms with Crippen LogP contribution in [0.5, 0.6) is 0 Å². The Hall–Kier alpha value is -1.40. The fourth-order valence-corrected chi connectivity index (χ4v) is 15.6. The molecule has 0 aromatic heterocycles. The molecule has 0 amide bonds. The second kappa shape index (κ2) is 15.5. The van der Waals surface area contributed by atoms with Crippen molar-refractivity contribution in [2.24, 2.45) is 56.7 Å². The molecule has 5 aliphatic carbocycles. The van der Waals surface area contributed by atoms with E-state index in [2.05, 4.69) is 53.4 Å². The van der Waals surface area contributed by atoms with Gasteiger partial charge in [0, 0.05) is 17.3 Å². The molecule has 2 heterocycles. The first-order chi connectivity index (χ1) is 25.2. The number of piperidine rings is 2. The third kappa shape index (κ3) is 7.23. The van der Waals surface area contributed by atoms with Crippen LogP contribution in [0.1, 0.15) is 170 Å². The first kappa shape index (κ1) is 39.8. The van der Waals surface area contributed by atoms with E-state index in [9.17, 15) is 9.59 Å². The third-order valence-corrected chi connectivity index (χ3v) is 18.7. The molecule has 5 saturated carbocycles. The van der Waals surface area contributed by atoms with Crippen LogP contribution in [0.4, 0.5) is 0 Å². The van der Waals surface area contributed by atoms with Gasteiger partial charge in [-0.05, 0) is 168 Å². The minimum atomic E-state index is -0.0174. The summed E-state index contributed by atoms with van der Waals surface area (Å²) < 4.78 is 12.8. The van der Waals surface area contributed by atoms with E-state index in [0.29, 0.717) is 55.1 Å². The second-order valence-electron chi connectivity index (χ2n) is 21.5. The molecule has 0 bridgehead atoms. The molecule has 0 radical (unpaired) electrons. The van der Waals surface area contributed by atoms with Crippen LogP contribution >= 0.6 is 0 Å². The number of hydrogen-bond donors (Lipinski definition) is 2. The van der Waals surface area contributed by atoms with E-state index < -0.39 is 0 Å². The van der Waals surface area contributed by atoms with Crippen LogP contribution in [-0.2, 0) is 19.1 Å². The van der Waals surface area contributed by atoms with E-state index >= 15 is 0 Å². The molecule has 5 unspecified atom stereocenters. The fraction of sp³-hybridized carbons (Fsp3) is 0.915. The maximum atomic E-state index is 13.3. The summed E-state index contributed by atoms with van der Waals surface area (Å²) >= 11 is 0. The average molecular weight is 737 g/mol. The molecule has 0 aromatic rings. The lowest BCUT2D eigenvalue weighted by atomic mass is 9.32. The van der Waals surface area contributed by atoms with Gasteiger partial charge in [-0.3, -0.25) is 9.59 Å². The smallest absolute Gasteiger partial charge is 0.311 e. The van der Waals surface area contributed by atoms with Crippen molar-refractivity contribution >= 4 is 11.9 Å². The molecule has 11 atom stereocenters. The van der Waals surface area contributed by atoms with E-state index in [-0.39, 0.29) is 45.1 Å². The molecule has 53 heavy (non-hydrogen) atoms. The highest BCUT2D eigenvalue weighted by Gasteiger charge is 2.71. The molecule has 7 aliphatic rings. The Morgan fingerprint density at radius 3 is 2.30 bits per heavy atom. The van der Waals surface area contributed by atoms with Crippen molar-refractivity contribution < 1.29 is 29.3 Å². The molecule has 0 spiro atoms. The van der Waals surface area contributed by atoms with Crippen molar-refractivity contribution in [2.45, 2.75) is 182 Å². The number of nitrogens with one attached hydrogen (secondary N) is 1. The number of hydrogen-bond acceptors (Lipinski definition) is 4. The zero-order valence-electron chi connectivity index (χ0n) is 35.1. The summed E-state index contributed by atoms with van der Waals surface area (Å²) in [7, 11) is 0. The van der Waals surface area contributed by atoms with Crippen LogP contribution in [0, 0.1) is 56.7 Å². The van der Waals surface area contributed by atoms with Crippen molar-refractivity contribution in [3.05, 3.63) is 12.2 Å². The van der Waals surface area contributed by atoms with Gasteiger partial charge in [0.15, 0.2) is 0 Å². The molecule has 0 aromatic carbocycles. The quantitative estimate of drug-likeness (QED) is 0.168. The number of nitrogens with two attached hydrogens (primary N) is 1. The summed E-state index contributed by atoms with van der Waals surface area (Å²) in [5.74, 6) is 3.07. The maximum absolute atomic E-state index is 13.3. The number of ether oxygens (including phenoxy) is 2. The first-order valence-electron chi connectivity index (χ1n) is 22.9. The lowest BCUT2D eigenvalue weighted by Crippen LogP contribution is -3.12. The van der Waals surface area contributed by atoms with Gasteiger partial charge in [-0.25, -0.2) is 0 Å². The molecule has 300 valence electrons. The minimum absolute atomic E-state index is 0.0174. The Balaban J connectivity index is 1.03. The zero-order valence-corrected chi connectivity index (χ0v) is 35.1. The Morgan fingerprint density at radius 1 is 0.774 bits per heavy atom. The van der Waals surface area contributed by atoms with Crippen molar-refractivity contribution in [3.63, 3.8) is 0 Å². The van der Waals surface area contributed by atoms with E-state index in [4.69, 9.17) is 9.47 Å². The molecule has 2 aliphatic heterocycles. The molecule has 7 fully saturated rings. The number of rotatable bonds is 11. The molecule has 7 rings (SSSR count). The van der Waals surface area contributed by atoms with Crippen molar-refractivity contribution in [2.75, 3.05) is 32.8 Å². The van der Waals surface area contributed by atoms with E-state index in [1.165, 1.54) is 122 Å². The van der Waals surface area contributed by atoms with Gasteiger partial charge in [-0.1, -0.05) is 46.8 Å². The Labute approximate surface area is 324 Å². The highest BCUT2D eigenvalue weighted by molar-refractivity contribution is 5.70. The van der Waals surface area contributed by atoms with Gasteiger partial charge in [0.25, 0.3) is 0 Å². The summed E-state index contributed by atoms with van der Waals surface area (Å²) in [6, 6.07) is 0.703. The highest BCUT2D eigenvalue weighted by Crippen LogP contribution is 2.77. The van der Waals surface area contributed by atoms with E-state index in [0.717, 1.165) is 25.8 Å². The first-order valence-corrected chi connectivity index (χ1v) is 22.9. The van der Waals surface area contributed by atoms with Gasteiger partial charge < -0.3 is 19.7 Å². The van der Waals surface area contributed by atoms with Gasteiger partial charge in [-0.2, -0.15) is 0 Å². The van der Waals surface area contributed by atoms with Crippen LogP contribution in [-0.4, -0.2) is 56.9 Å². The van der Waals surface area contributed by atoms with Crippen molar-refractivity contribution in [1.29, 1.82) is 0 Å². The number of fused-ring (bicyclic) bond motifs is 7. The van der Waals surface area contributed by atoms with E-state index in [1.807, 2.05) is 0 Å². The number of carbonyl (C=O) groups excluding carboxylic acids is 2. The lowest BCUT2D eigenvalue weighted by molar-refractivity contribution is -0.904. The monoisotopic (exact) mass is 737 g/mol. The molecular weight excluding hydrogens is 657 g/mol. The maximum Gasteiger partial charge on any atom is 0.311 e. The van der Waals surface area contributed by atoms with Gasteiger partial charge in [0.2, 0.25) is 0 Å². The molecular formula is C47H80N2O4+2. The van der Waals surface area contributed by atoms with Crippen LogP contribution in [0.3, 0.4) is 0 Å². The summed E-state index contributed by atoms with van der Waals surface area (Å²) in [5, 5.41) is 2.50. The largest absolute Gasteiger partial charge is 0.465 e. The SMILES string of the molecule is C=C(C)[C@@H]1CC[C@]2(COC(=O)CCCC3CCCC[NH2+]3)CC[C@]3(C)C(CCC4[C@@]5(C)CC[C@H](OC(=O)CC[NH+]6CCCCC6)C(C)(C)C5CC[C@]43C)C12. The van der Waals surface area contributed by atoms with Gasteiger partial charge in [0.1, 0.15) is 6.10 Å². The number of carbonyl (C=O) groups is 2. The molecule has 6 nitrogen and oxygen atoms in total. The third-order valence-electron chi connectivity index (χ3n) is 18.7.